The van der Waals surface area contributed by atoms with Crippen LogP contribution in [-0.2, 0) is 5.54 Å². The van der Waals surface area contributed by atoms with Crippen molar-refractivity contribution in [2.75, 3.05) is 0 Å². The van der Waals surface area contributed by atoms with Crippen LogP contribution in [0.15, 0.2) is 49.2 Å². The molecule has 1 aromatic carbocycles. The molecule has 17 heavy (non-hydrogen) atoms. The summed E-state index contributed by atoms with van der Waals surface area (Å²) in [5, 5.41) is 0. The molecule has 0 aliphatic carbocycles. The molecule has 0 saturated carbocycles. The van der Waals surface area contributed by atoms with Crippen molar-refractivity contribution >= 4 is 5.91 Å². The number of rotatable bonds is 3. The van der Waals surface area contributed by atoms with Crippen molar-refractivity contribution in [2.24, 2.45) is 0 Å². The molecule has 0 fully saturated rings. The molecule has 0 spiro atoms. The molecule has 0 bridgehead atoms. The standard InChI is InChI=1S/C15H17NO/c1-4-11-16-14(17)12-9-7-8-10-13(12)15(16,5-2)6-3/h4-5,7-11H,2,6H2,1,3H3/b11-4+. The van der Waals surface area contributed by atoms with Crippen molar-refractivity contribution in [1.82, 2.24) is 4.90 Å². The molecule has 0 radical (unpaired) electrons. The highest BCUT2D eigenvalue weighted by Gasteiger charge is 2.45. The molecule has 0 saturated heterocycles. The van der Waals surface area contributed by atoms with Crippen LogP contribution in [0.25, 0.3) is 0 Å². The summed E-state index contributed by atoms with van der Waals surface area (Å²) in [4.78, 5) is 14.1. The zero-order valence-corrected chi connectivity index (χ0v) is 10.3. The SMILES string of the molecule is C=CC1(CC)c2ccccc2C(=O)N1/C=C/C. The third-order valence-electron chi connectivity index (χ3n) is 3.45. The van der Waals surface area contributed by atoms with Crippen LogP contribution < -0.4 is 0 Å². The van der Waals surface area contributed by atoms with Gasteiger partial charge in [-0.25, -0.2) is 0 Å². The minimum Gasteiger partial charge on any atom is -0.302 e. The van der Waals surface area contributed by atoms with E-state index in [0.29, 0.717) is 0 Å². The molecule has 2 heteroatoms. The highest BCUT2D eigenvalue weighted by Crippen LogP contribution is 2.42. The van der Waals surface area contributed by atoms with Gasteiger partial charge in [-0.2, -0.15) is 0 Å². The first kappa shape index (κ1) is 11.6. The Morgan fingerprint density at radius 3 is 2.71 bits per heavy atom. The van der Waals surface area contributed by atoms with Crippen LogP contribution in [-0.4, -0.2) is 10.8 Å². The van der Waals surface area contributed by atoms with Crippen molar-refractivity contribution in [3.63, 3.8) is 0 Å². The number of allylic oxidation sites excluding steroid dienone is 1. The molecule has 2 rings (SSSR count). The lowest BCUT2D eigenvalue weighted by molar-refractivity contribution is 0.0745. The van der Waals surface area contributed by atoms with Gasteiger partial charge < -0.3 is 4.90 Å². The van der Waals surface area contributed by atoms with E-state index >= 15 is 0 Å². The van der Waals surface area contributed by atoms with Gasteiger partial charge in [0.25, 0.3) is 5.91 Å². The van der Waals surface area contributed by atoms with E-state index in [1.54, 1.807) is 4.90 Å². The zero-order valence-electron chi connectivity index (χ0n) is 10.3. The molecule has 2 nitrogen and oxygen atoms in total. The van der Waals surface area contributed by atoms with Crippen molar-refractivity contribution in [1.29, 1.82) is 0 Å². The highest BCUT2D eigenvalue weighted by atomic mass is 16.2. The predicted octanol–water partition coefficient (Wildman–Crippen LogP) is 3.47. The molecule has 1 aromatic rings. The number of hydrogen-bond donors (Lipinski definition) is 0. The van der Waals surface area contributed by atoms with Gasteiger partial charge in [0.05, 0.1) is 5.54 Å². The van der Waals surface area contributed by atoms with Crippen LogP contribution in [0.4, 0.5) is 0 Å². The summed E-state index contributed by atoms with van der Waals surface area (Å²) in [6.45, 7) is 7.92. The first-order valence-electron chi connectivity index (χ1n) is 5.91. The maximum Gasteiger partial charge on any atom is 0.259 e. The lowest BCUT2D eigenvalue weighted by Crippen LogP contribution is -2.37. The van der Waals surface area contributed by atoms with Crippen LogP contribution in [0.3, 0.4) is 0 Å². The Morgan fingerprint density at radius 2 is 2.12 bits per heavy atom. The van der Waals surface area contributed by atoms with E-state index in [1.807, 2.05) is 49.5 Å². The predicted molar refractivity (Wildman–Crippen MR) is 69.6 cm³/mol. The van der Waals surface area contributed by atoms with E-state index in [4.69, 9.17) is 0 Å². The first-order chi connectivity index (χ1) is 8.21. The number of benzene rings is 1. The summed E-state index contributed by atoms with van der Waals surface area (Å²) >= 11 is 0. The second kappa shape index (κ2) is 4.21. The van der Waals surface area contributed by atoms with Crippen LogP contribution in [0.5, 0.6) is 0 Å². The lowest BCUT2D eigenvalue weighted by atomic mass is 9.87. The maximum absolute atomic E-state index is 12.3. The van der Waals surface area contributed by atoms with Gasteiger partial charge in [-0.05, 0) is 25.0 Å². The second-order valence-electron chi connectivity index (χ2n) is 4.19. The van der Waals surface area contributed by atoms with Crippen LogP contribution >= 0.6 is 0 Å². The summed E-state index contributed by atoms with van der Waals surface area (Å²) < 4.78 is 0. The minimum atomic E-state index is -0.389. The molecular weight excluding hydrogens is 210 g/mol. The largest absolute Gasteiger partial charge is 0.302 e. The molecule has 1 heterocycles. The Bertz CT molecular complexity index is 489. The Kier molecular flexibility index (Phi) is 2.88. The Labute approximate surface area is 102 Å². The molecular formula is C15H17NO. The Hall–Kier alpha value is -1.83. The van der Waals surface area contributed by atoms with Crippen LogP contribution in [0.2, 0.25) is 0 Å². The maximum atomic E-state index is 12.3. The van der Waals surface area contributed by atoms with E-state index in [9.17, 15) is 4.79 Å². The van der Waals surface area contributed by atoms with Gasteiger partial charge in [0, 0.05) is 11.8 Å². The van der Waals surface area contributed by atoms with E-state index in [-0.39, 0.29) is 11.4 Å². The van der Waals surface area contributed by atoms with Crippen molar-refractivity contribution in [3.05, 3.63) is 60.3 Å². The molecule has 1 amide bonds. The Balaban J connectivity index is 2.68. The fourth-order valence-corrected chi connectivity index (χ4v) is 2.55. The normalized spacial score (nSPS) is 23.2. The van der Waals surface area contributed by atoms with Crippen molar-refractivity contribution < 1.29 is 4.79 Å². The molecule has 88 valence electrons. The summed E-state index contributed by atoms with van der Waals surface area (Å²) in [6, 6.07) is 7.77. The number of amides is 1. The second-order valence-corrected chi connectivity index (χ2v) is 4.19. The zero-order chi connectivity index (χ0) is 12.5. The molecule has 0 N–H and O–H groups in total. The average molecular weight is 227 g/mol. The van der Waals surface area contributed by atoms with Crippen molar-refractivity contribution in [2.45, 2.75) is 25.8 Å². The van der Waals surface area contributed by atoms with E-state index in [0.717, 1.165) is 17.5 Å². The quantitative estimate of drug-likeness (QED) is 0.724. The fraction of sp³-hybridized carbons (Fsp3) is 0.267. The number of fused-ring (bicyclic) bond motifs is 1. The van der Waals surface area contributed by atoms with E-state index < -0.39 is 0 Å². The van der Waals surface area contributed by atoms with Gasteiger partial charge in [0.15, 0.2) is 0 Å². The smallest absolute Gasteiger partial charge is 0.259 e. The third kappa shape index (κ3) is 1.44. The molecule has 1 aliphatic heterocycles. The van der Waals surface area contributed by atoms with Gasteiger partial charge in [0.1, 0.15) is 0 Å². The van der Waals surface area contributed by atoms with Gasteiger partial charge in [-0.3, -0.25) is 4.79 Å². The van der Waals surface area contributed by atoms with Gasteiger partial charge in [0.2, 0.25) is 0 Å². The average Bonchev–Trinajstić information content (AvgIpc) is 2.61. The van der Waals surface area contributed by atoms with Gasteiger partial charge in [-0.15, -0.1) is 6.58 Å². The highest BCUT2D eigenvalue weighted by molar-refractivity contribution is 6.01. The van der Waals surface area contributed by atoms with E-state index in [2.05, 4.69) is 13.5 Å². The monoisotopic (exact) mass is 227 g/mol. The number of carbonyl (C=O) groups is 1. The number of nitrogens with zero attached hydrogens (tertiary/aromatic N) is 1. The van der Waals surface area contributed by atoms with Crippen LogP contribution in [0, 0.1) is 0 Å². The molecule has 1 unspecified atom stereocenters. The summed E-state index contributed by atoms with van der Waals surface area (Å²) in [6.07, 6.45) is 6.42. The third-order valence-corrected chi connectivity index (χ3v) is 3.45. The molecule has 0 aromatic heterocycles. The van der Waals surface area contributed by atoms with Gasteiger partial charge >= 0.3 is 0 Å². The summed E-state index contributed by atoms with van der Waals surface area (Å²) in [5.74, 6) is 0.0560. The fourth-order valence-electron chi connectivity index (χ4n) is 2.55. The summed E-state index contributed by atoms with van der Waals surface area (Å²) in [7, 11) is 0. The van der Waals surface area contributed by atoms with Crippen LogP contribution in [0.1, 0.15) is 36.2 Å². The Morgan fingerprint density at radius 1 is 1.41 bits per heavy atom. The summed E-state index contributed by atoms with van der Waals surface area (Å²) in [5.41, 5.74) is 1.45. The number of hydrogen-bond acceptors (Lipinski definition) is 1. The topological polar surface area (TPSA) is 20.3 Å². The first-order valence-corrected chi connectivity index (χ1v) is 5.91. The number of carbonyl (C=O) groups excluding carboxylic acids is 1. The van der Waals surface area contributed by atoms with Crippen molar-refractivity contribution in [3.8, 4) is 0 Å². The lowest BCUT2D eigenvalue weighted by Gasteiger charge is -2.33. The van der Waals surface area contributed by atoms with E-state index in [1.165, 1.54) is 0 Å². The minimum absolute atomic E-state index is 0.0560. The molecule has 1 atom stereocenters. The van der Waals surface area contributed by atoms with Gasteiger partial charge in [-0.1, -0.05) is 37.3 Å². The molecule has 1 aliphatic rings.